The van der Waals surface area contributed by atoms with Crippen molar-refractivity contribution in [2.45, 2.75) is 17.9 Å². The maximum absolute atomic E-state index is 12.2. The van der Waals surface area contributed by atoms with Crippen LogP contribution in [-0.2, 0) is 21.2 Å². The molecule has 1 aromatic carbocycles. The number of fused-ring (bicyclic) bond motifs is 1. The van der Waals surface area contributed by atoms with Crippen molar-refractivity contribution in [2.75, 3.05) is 18.8 Å². The zero-order chi connectivity index (χ0) is 15.5. The summed E-state index contributed by atoms with van der Waals surface area (Å²) in [4.78, 5) is 24.2. The SMILES string of the molecule is NC(=O)NC(=O)CCN1CCS(=O)(=O)c2ccccc2C1. The lowest BCUT2D eigenvalue weighted by Gasteiger charge is -2.19. The Morgan fingerprint density at radius 2 is 2.00 bits per heavy atom. The topological polar surface area (TPSA) is 110 Å². The van der Waals surface area contributed by atoms with E-state index in [-0.39, 0.29) is 12.2 Å². The van der Waals surface area contributed by atoms with Crippen molar-refractivity contribution < 1.29 is 18.0 Å². The predicted octanol–water partition coefficient (Wildman–Crippen LogP) is -0.139. The van der Waals surface area contributed by atoms with Gasteiger partial charge in [-0.2, -0.15) is 0 Å². The Hall–Kier alpha value is -1.93. The maximum atomic E-state index is 12.2. The largest absolute Gasteiger partial charge is 0.351 e. The van der Waals surface area contributed by atoms with Gasteiger partial charge in [-0.1, -0.05) is 18.2 Å². The second-order valence-electron chi connectivity index (χ2n) is 4.87. The number of carbonyl (C=O) groups is 2. The van der Waals surface area contributed by atoms with Crippen molar-refractivity contribution in [3.05, 3.63) is 29.8 Å². The molecular formula is C13H17N3O4S. The fourth-order valence-electron chi connectivity index (χ4n) is 2.27. The quantitative estimate of drug-likeness (QED) is 0.807. The molecule has 7 nitrogen and oxygen atoms in total. The van der Waals surface area contributed by atoms with Crippen LogP contribution in [0.15, 0.2) is 29.2 Å². The summed E-state index contributed by atoms with van der Waals surface area (Å²) in [6, 6.07) is 5.98. The Kier molecular flexibility index (Phi) is 4.59. The van der Waals surface area contributed by atoms with E-state index in [0.717, 1.165) is 5.56 Å². The van der Waals surface area contributed by atoms with E-state index in [2.05, 4.69) is 0 Å². The molecule has 1 aliphatic rings. The highest BCUT2D eigenvalue weighted by Gasteiger charge is 2.25. The van der Waals surface area contributed by atoms with Gasteiger partial charge in [-0.05, 0) is 11.6 Å². The highest BCUT2D eigenvalue weighted by molar-refractivity contribution is 7.91. The van der Waals surface area contributed by atoms with Crippen molar-refractivity contribution >= 4 is 21.8 Å². The molecule has 1 aliphatic heterocycles. The first-order chi connectivity index (χ1) is 9.88. The van der Waals surface area contributed by atoms with Crippen LogP contribution in [0.1, 0.15) is 12.0 Å². The first kappa shape index (κ1) is 15.5. The number of nitrogens with one attached hydrogen (secondary N) is 1. The molecular weight excluding hydrogens is 294 g/mol. The Morgan fingerprint density at radius 3 is 2.71 bits per heavy atom. The van der Waals surface area contributed by atoms with Crippen LogP contribution in [-0.4, -0.2) is 44.1 Å². The molecule has 0 spiro atoms. The smallest absolute Gasteiger partial charge is 0.318 e. The summed E-state index contributed by atoms with van der Waals surface area (Å²) in [7, 11) is -3.29. The van der Waals surface area contributed by atoms with Gasteiger partial charge in [0.05, 0.1) is 10.6 Å². The van der Waals surface area contributed by atoms with Crippen molar-refractivity contribution in [1.29, 1.82) is 0 Å². The number of benzene rings is 1. The van der Waals surface area contributed by atoms with Gasteiger partial charge in [0.25, 0.3) is 0 Å². The van der Waals surface area contributed by atoms with Crippen molar-refractivity contribution in [1.82, 2.24) is 10.2 Å². The standard InChI is InChI=1S/C13H17N3O4S/c14-13(18)15-12(17)5-6-16-7-8-21(19,20)11-4-2-1-3-10(11)9-16/h1-4H,5-9H2,(H3,14,15,17,18). The second-order valence-corrected chi connectivity index (χ2v) is 6.94. The van der Waals surface area contributed by atoms with Crippen LogP contribution in [0.5, 0.6) is 0 Å². The third kappa shape index (κ3) is 4.02. The van der Waals surface area contributed by atoms with Crippen LogP contribution in [0.3, 0.4) is 0 Å². The minimum absolute atomic E-state index is 0.0153. The first-order valence-electron chi connectivity index (χ1n) is 6.51. The number of carbonyl (C=O) groups excluding carboxylic acids is 2. The van der Waals surface area contributed by atoms with Crippen LogP contribution in [0.2, 0.25) is 0 Å². The van der Waals surface area contributed by atoms with E-state index in [4.69, 9.17) is 5.73 Å². The Bertz CT molecular complexity index is 657. The number of rotatable bonds is 3. The molecule has 114 valence electrons. The molecule has 0 saturated carbocycles. The third-order valence-electron chi connectivity index (χ3n) is 3.30. The minimum atomic E-state index is -3.29. The Balaban J connectivity index is 2.06. The van der Waals surface area contributed by atoms with Crippen LogP contribution >= 0.6 is 0 Å². The number of hydrogen-bond acceptors (Lipinski definition) is 5. The maximum Gasteiger partial charge on any atom is 0.318 e. The van der Waals surface area contributed by atoms with Gasteiger partial charge >= 0.3 is 6.03 Å². The van der Waals surface area contributed by atoms with E-state index in [0.29, 0.717) is 24.5 Å². The van der Waals surface area contributed by atoms with E-state index in [9.17, 15) is 18.0 Å². The average molecular weight is 311 g/mol. The fraction of sp³-hybridized carbons (Fsp3) is 0.385. The molecule has 8 heteroatoms. The molecule has 21 heavy (non-hydrogen) atoms. The fourth-order valence-corrected chi connectivity index (χ4v) is 3.80. The number of nitrogens with two attached hydrogens (primary N) is 1. The van der Waals surface area contributed by atoms with Crippen LogP contribution in [0.4, 0.5) is 4.79 Å². The van der Waals surface area contributed by atoms with Gasteiger partial charge in [-0.3, -0.25) is 15.0 Å². The van der Waals surface area contributed by atoms with Gasteiger partial charge in [-0.25, -0.2) is 13.2 Å². The second kappa shape index (κ2) is 6.23. The Morgan fingerprint density at radius 1 is 1.29 bits per heavy atom. The molecule has 0 radical (unpaired) electrons. The lowest BCUT2D eigenvalue weighted by molar-refractivity contribution is -0.120. The normalized spacial score (nSPS) is 17.5. The molecule has 0 bridgehead atoms. The van der Waals surface area contributed by atoms with Gasteiger partial charge in [0.2, 0.25) is 5.91 Å². The minimum Gasteiger partial charge on any atom is -0.351 e. The zero-order valence-corrected chi connectivity index (χ0v) is 12.2. The van der Waals surface area contributed by atoms with E-state index >= 15 is 0 Å². The van der Waals surface area contributed by atoms with Crippen molar-refractivity contribution in [3.8, 4) is 0 Å². The van der Waals surface area contributed by atoms with E-state index in [1.807, 2.05) is 10.2 Å². The first-order valence-corrected chi connectivity index (χ1v) is 8.16. The molecule has 1 aromatic rings. The summed E-state index contributed by atoms with van der Waals surface area (Å²) in [6.45, 7) is 1.17. The lowest BCUT2D eigenvalue weighted by atomic mass is 10.2. The molecule has 1 heterocycles. The molecule has 0 atom stereocenters. The van der Waals surface area contributed by atoms with E-state index in [1.54, 1.807) is 24.3 Å². The summed E-state index contributed by atoms with van der Waals surface area (Å²) in [5, 5.41) is 1.99. The summed E-state index contributed by atoms with van der Waals surface area (Å²) in [6.07, 6.45) is 0.0884. The van der Waals surface area contributed by atoms with Gasteiger partial charge in [-0.15, -0.1) is 0 Å². The summed E-state index contributed by atoms with van der Waals surface area (Å²) >= 11 is 0. The van der Waals surface area contributed by atoms with Gasteiger partial charge in [0.15, 0.2) is 9.84 Å². The summed E-state index contributed by atoms with van der Waals surface area (Å²) in [5.41, 5.74) is 5.59. The summed E-state index contributed by atoms with van der Waals surface area (Å²) in [5.74, 6) is -0.454. The number of primary amides is 1. The summed E-state index contributed by atoms with van der Waals surface area (Å²) < 4.78 is 24.3. The van der Waals surface area contributed by atoms with Crippen molar-refractivity contribution in [3.63, 3.8) is 0 Å². The molecule has 0 aliphatic carbocycles. The van der Waals surface area contributed by atoms with E-state index < -0.39 is 21.8 Å². The average Bonchev–Trinajstić information content (AvgIpc) is 2.53. The van der Waals surface area contributed by atoms with Crippen molar-refractivity contribution in [2.24, 2.45) is 5.73 Å². The third-order valence-corrected chi connectivity index (χ3v) is 5.08. The zero-order valence-electron chi connectivity index (χ0n) is 11.4. The molecule has 3 N–H and O–H groups in total. The van der Waals surface area contributed by atoms with Gasteiger partial charge in [0.1, 0.15) is 0 Å². The van der Waals surface area contributed by atoms with Crippen LogP contribution in [0.25, 0.3) is 0 Å². The number of imide groups is 1. The van der Waals surface area contributed by atoms with Crippen LogP contribution < -0.4 is 11.1 Å². The molecule has 2 rings (SSSR count). The molecule has 0 aromatic heterocycles. The van der Waals surface area contributed by atoms with Gasteiger partial charge in [0, 0.05) is 26.1 Å². The van der Waals surface area contributed by atoms with Crippen LogP contribution in [0, 0.1) is 0 Å². The lowest BCUT2D eigenvalue weighted by Crippen LogP contribution is -2.37. The number of sulfone groups is 1. The van der Waals surface area contributed by atoms with Gasteiger partial charge < -0.3 is 5.73 Å². The highest BCUT2D eigenvalue weighted by Crippen LogP contribution is 2.22. The molecule has 3 amide bonds. The number of hydrogen-bond donors (Lipinski definition) is 2. The molecule has 0 fully saturated rings. The molecule has 0 unspecified atom stereocenters. The number of nitrogens with zero attached hydrogens (tertiary/aromatic N) is 1. The molecule has 0 saturated heterocycles. The highest BCUT2D eigenvalue weighted by atomic mass is 32.2. The number of amides is 3. The predicted molar refractivity (Wildman–Crippen MR) is 76.1 cm³/mol. The van der Waals surface area contributed by atoms with E-state index in [1.165, 1.54) is 0 Å². The number of urea groups is 1. The monoisotopic (exact) mass is 311 g/mol. The Labute approximate surface area is 123 Å².